The van der Waals surface area contributed by atoms with Gasteiger partial charge < -0.3 is 14.4 Å². The van der Waals surface area contributed by atoms with Gasteiger partial charge in [0.05, 0.1) is 25.2 Å². The Balaban J connectivity index is 2.13. The second-order valence-electron chi connectivity index (χ2n) is 5.75. The monoisotopic (exact) mass is 356 g/mol. The Hall–Kier alpha value is -1.80. The highest BCUT2D eigenvalue weighted by Crippen LogP contribution is 2.29. The molecule has 134 valence electrons. The van der Waals surface area contributed by atoms with Crippen LogP contribution in [0.4, 0.5) is 0 Å². The average Bonchev–Trinajstić information content (AvgIpc) is 2.60. The SMILES string of the molecule is COc1ccc(S(=O)(=O)N[C@@H](C)C(=O)N2CCCCC2)cc1OC. The fourth-order valence-corrected chi connectivity index (χ4v) is 3.93. The molecule has 1 aliphatic heterocycles. The molecule has 0 aliphatic carbocycles. The van der Waals surface area contributed by atoms with Crippen LogP contribution in [-0.4, -0.2) is 52.6 Å². The molecule has 1 atom stereocenters. The molecule has 1 aromatic carbocycles. The Morgan fingerprint density at radius 2 is 1.75 bits per heavy atom. The summed E-state index contributed by atoms with van der Waals surface area (Å²) in [5, 5.41) is 0. The van der Waals surface area contributed by atoms with E-state index in [-0.39, 0.29) is 10.8 Å². The predicted molar refractivity (Wildman–Crippen MR) is 89.8 cm³/mol. The van der Waals surface area contributed by atoms with E-state index in [0.717, 1.165) is 19.3 Å². The molecule has 1 aliphatic rings. The van der Waals surface area contributed by atoms with E-state index in [2.05, 4.69) is 4.72 Å². The van der Waals surface area contributed by atoms with E-state index in [0.29, 0.717) is 24.6 Å². The molecule has 0 unspecified atom stereocenters. The van der Waals surface area contributed by atoms with Crippen LogP contribution in [0.3, 0.4) is 0 Å². The lowest BCUT2D eigenvalue weighted by Gasteiger charge is -2.29. The standard InChI is InChI=1S/C16H24N2O5S/c1-12(16(19)18-9-5-4-6-10-18)17-24(20,21)13-7-8-14(22-2)15(11-13)23-3/h7-8,11-12,17H,4-6,9-10H2,1-3H3/t12-/m0/s1. The molecule has 8 heteroatoms. The molecule has 1 saturated heterocycles. The summed E-state index contributed by atoms with van der Waals surface area (Å²) < 4.78 is 37.7. The summed E-state index contributed by atoms with van der Waals surface area (Å²) in [7, 11) is -0.923. The average molecular weight is 356 g/mol. The number of hydrogen-bond donors (Lipinski definition) is 1. The minimum atomic E-state index is -3.83. The van der Waals surface area contributed by atoms with Gasteiger partial charge in [0.1, 0.15) is 0 Å². The summed E-state index contributed by atoms with van der Waals surface area (Å²) in [5.41, 5.74) is 0. The lowest BCUT2D eigenvalue weighted by Crippen LogP contribution is -2.48. The van der Waals surface area contributed by atoms with Gasteiger partial charge in [-0.25, -0.2) is 8.42 Å². The smallest absolute Gasteiger partial charge is 0.241 e. The van der Waals surface area contributed by atoms with Crippen LogP contribution < -0.4 is 14.2 Å². The van der Waals surface area contributed by atoms with Crippen LogP contribution in [0.2, 0.25) is 0 Å². The third-order valence-electron chi connectivity index (χ3n) is 4.04. The fraction of sp³-hybridized carbons (Fsp3) is 0.562. The highest BCUT2D eigenvalue weighted by atomic mass is 32.2. The molecule has 1 N–H and O–H groups in total. The summed E-state index contributed by atoms with van der Waals surface area (Å²) in [6, 6.07) is 3.49. The lowest BCUT2D eigenvalue weighted by atomic mass is 10.1. The minimum Gasteiger partial charge on any atom is -0.493 e. The first-order chi connectivity index (χ1) is 11.4. The van der Waals surface area contributed by atoms with Crippen LogP contribution in [0.15, 0.2) is 23.1 Å². The van der Waals surface area contributed by atoms with Gasteiger partial charge in [-0.15, -0.1) is 0 Å². The van der Waals surface area contributed by atoms with Crippen molar-refractivity contribution in [2.75, 3.05) is 27.3 Å². The number of hydrogen-bond acceptors (Lipinski definition) is 5. The van der Waals surface area contributed by atoms with E-state index >= 15 is 0 Å². The fourth-order valence-electron chi connectivity index (χ4n) is 2.72. The molecule has 0 saturated carbocycles. The van der Waals surface area contributed by atoms with Crippen molar-refractivity contribution in [3.05, 3.63) is 18.2 Å². The summed E-state index contributed by atoms with van der Waals surface area (Å²) in [6.07, 6.45) is 3.03. The number of benzene rings is 1. The van der Waals surface area contributed by atoms with E-state index in [1.165, 1.54) is 32.4 Å². The van der Waals surface area contributed by atoms with Crippen LogP contribution in [0.5, 0.6) is 11.5 Å². The van der Waals surface area contributed by atoms with Crippen LogP contribution in [0.1, 0.15) is 26.2 Å². The summed E-state index contributed by atoms with van der Waals surface area (Å²) in [6.45, 7) is 2.93. The Labute approximate surface area is 143 Å². The minimum absolute atomic E-state index is 0.0263. The van der Waals surface area contributed by atoms with Crippen LogP contribution in [-0.2, 0) is 14.8 Å². The number of piperidine rings is 1. The second-order valence-corrected chi connectivity index (χ2v) is 7.46. The van der Waals surface area contributed by atoms with Gasteiger partial charge in [-0.1, -0.05) is 0 Å². The van der Waals surface area contributed by atoms with Crippen LogP contribution in [0.25, 0.3) is 0 Å². The molecule has 0 radical (unpaired) electrons. The van der Waals surface area contributed by atoms with Crippen molar-refractivity contribution >= 4 is 15.9 Å². The molecule has 1 fully saturated rings. The largest absolute Gasteiger partial charge is 0.493 e. The molecular formula is C16H24N2O5S. The van der Waals surface area contributed by atoms with Crippen molar-refractivity contribution in [3.8, 4) is 11.5 Å². The summed E-state index contributed by atoms with van der Waals surface area (Å²) >= 11 is 0. The second kappa shape index (κ2) is 7.85. The third kappa shape index (κ3) is 4.18. The van der Waals surface area contributed by atoms with Crippen molar-refractivity contribution in [1.29, 1.82) is 0 Å². The van der Waals surface area contributed by atoms with Crippen molar-refractivity contribution < 1.29 is 22.7 Å². The first-order valence-corrected chi connectivity index (χ1v) is 9.40. The van der Waals surface area contributed by atoms with Crippen molar-refractivity contribution in [3.63, 3.8) is 0 Å². The number of carbonyl (C=O) groups excluding carboxylic acids is 1. The highest BCUT2D eigenvalue weighted by molar-refractivity contribution is 7.89. The zero-order chi connectivity index (χ0) is 17.7. The number of carbonyl (C=O) groups is 1. The quantitative estimate of drug-likeness (QED) is 0.832. The van der Waals surface area contributed by atoms with Gasteiger partial charge in [0.25, 0.3) is 0 Å². The molecule has 1 aromatic rings. The lowest BCUT2D eigenvalue weighted by molar-refractivity contribution is -0.133. The van der Waals surface area contributed by atoms with Gasteiger partial charge in [-0.05, 0) is 38.3 Å². The summed E-state index contributed by atoms with van der Waals surface area (Å²) in [5.74, 6) is 0.558. The van der Waals surface area contributed by atoms with E-state index in [1.54, 1.807) is 11.8 Å². The van der Waals surface area contributed by atoms with E-state index in [9.17, 15) is 13.2 Å². The summed E-state index contributed by atoms with van der Waals surface area (Å²) in [4.78, 5) is 14.1. The zero-order valence-corrected chi connectivity index (χ0v) is 15.1. The van der Waals surface area contributed by atoms with Crippen molar-refractivity contribution in [2.45, 2.75) is 37.1 Å². The first kappa shape index (κ1) is 18.5. The molecule has 0 bridgehead atoms. The Kier molecular flexibility index (Phi) is 6.06. The first-order valence-electron chi connectivity index (χ1n) is 7.92. The number of nitrogens with one attached hydrogen (secondary N) is 1. The van der Waals surface area contributed by atoms with Crippen LogP contribution in [0, 0.1) is 0 Å². The molecule has 0 spiro atoms. The Bertz CT molecular complexity index is 684. The molecule has 1 amide bonds. The maximum atomic E-state index is 12.5. The van der Waals surface area contributed by atoms with Crippen molar-refractivity contribution in [1.82, 2.24) is 9.62 Å². The number of likely N-dealkylation sites (tertiary alicyclic amines) is 1. The third-order valence-corrected chi connectivity index (χ3v) is 5.57. The van der Waals surface area contributed by atoms with Gasteiger partial charge in [-0.3, -0.25) is 4.79 Å². The molecule has 24 heavy (non-hydrogen) atoms. The van der Waals surface area contributed by atoms with E-state index in [1.807, 2.05) is 0 Å². The zero-order valence-electron chi connectivity index (χ0n) is 14.2. The Morgan fingerprint density at radius 3 is 2.33 bits per heavy atom. The number of amides is 1. The molecular weight excluding hydrogens is 332 g/mol. The van der Waals surface area contributed by atoms with Gasteiger partial charge in [0, 0.05) is 19.2 Å². The van der Waals surface area contributed by atoms with Crippen molar-refractivity contribution in [2.24, 2.45) is 0 Å². The number of methoxy groups -OCH3 is 2. The van der Waals surface area contributed by atoms with E-state index in [4.69, 9.17) is 9.47 Å². The Morgan fingerprint density at radius 1 is 1.12 bits per heavy atom. The predicted octanol–water partition coefficient (Wildman–Crippen LogP) is 1.38. The number of sulfonamides is 1. The highest BCUT2D eigenvalue weighted by Gasteiger charge is 2.27. The number of rotatable bonds is 6. The molecule has 0 aromatic heterocycles. The molecule has 2 rings (SSSR count). The topological polar surface area (TPSA) is 84.9 Å². The van der Waals surface area contributed by atoms with E-state index < -0.39 is 16.1 Å². The number of ether oxygens (including phenoxy) is 2. The molecule has 7 nitrogen and oxygen atoms in total. The van der Waals surface area contributed by atoms with Gasteiger partial charge in [-0.2, -0.15) is 4.72 Å². The number of nitrogens with zero attached hydrogens (tertiary/aromatic N) is 1. The maximum absolute atomic E-state index is 12.5. The van der Waals surface area contributed by atoms with Gasteiger partial charge in [0.15, 0.2) is 11.5 Å². The van der Waals surface area contributed by atoms with Gasteiger partial charge >= 0.3 is 0 Å². The normalized spacial score (nSPS) is 16.5. The molecule has 1 heterocycles. The van der Waals surface area contributed by atoms with Gasteiger partial charge in [0.2, 0.25) is 15.9 Å². The van der Waals surface area contributed by atoms with Crippen LogP contribution >= 0.6 is 0 Å². The maximum Gasteiger partial charge on any atom is 0.241 e.